The molecular weight excluding hydrogens is 412 g/mol. The van der Waals surface area contributed by atoms with Crippen LogP contribution in [0, 0.1) is 0 Å². The third-order valence-corrected chi connectivity index (χ3v) is 5.72. The highest BCUT2D eigenvalue weighted by atomic mass is 35.5. The number of carbonyl (C=O) groups is 1. The maximum atomic E-state index is 12.3. The van der Waals surface area contributed by atoms with Crippen LogP contribution in [0.2, 0.25) is 5.02 Å². The maximum Gasteiger partial charge on any atom is 0.251 e. The molecule has 0 aliphatic carbocycles. The minimum atomic E-state index is -3.62. The predicted molar refractivity (Wildman–Crippen MR) is 112 cm³/mol. The number of rotatable bonds is 8. The summed E-state index contributed by atoms with van der Waals surface area (Å²) < 4.78 is 28.2. The lowest BCUT2D eigenvalue weighted by Gasteiger charge is -2.07. The summed E-state index contributed by atoms with van der Waals surface area (Å²) in [5.74, 6) is -0.313. The fourth-order valence-electron chi connectivity index (χ4n) is 2.51. The number of benzene rings is 2. The first-order valence-electron chi connectivity index (χ1n) is 8.67. The molecule has 29 heavy (non-hydrogen) atoms. The first-order valence-corrected chi connectivity index (χ1v) is 10.5. The second kappa shape index (κ2) is 9.04. The first kappa shape index (κ1) is 20.8. The third kappa shape index (κ3) is 5.32. The van der Waals surface area contributed by atoms with Crippen LogP contribution in [0.1, 0.15) is 15.9 Å². The number of amides is 1. The maximum absolute atomic E-state index is 12.3. The van der Waals surface area contributed by atoms with Gasteiger partial charge in [0.1, 0.15) is 0 Å². The standard InChI is InChI=1S/C20H19ClN4O3S/c1-2-11-24-29(27,28)19-9-3-16(4-10-19)20(26)22-12-15-13-23-25(14-15)18-7-5-17(21)6-8-18/h2-10,13-14,24H,1,11-12H2,(H,22,26). The van der Waals surface area contributed by atoms with Gasteiger partial charge in [0.25, 0.3) is 5.91 Å². The van der Waals surface area contributed by atoms with Gasteiger partial charge in [0.15, 0.2) is 0 Å². The Morgan fingerprint density at radius 1 is 1.14 bits per heavy atom. The summed E-state index contributed by atoms with van der Waals surface area (Å²) in [4.78, 5) is 12.4. The second-order valence-electron chi connectivity index (χ2n) is 6.12. The van der Waals surface area contributed by atoms with Crippen molar-refractivity contribution in [2.45, 2.75) is 11.4 Å². The van der Waals surface area contributed by atoms with Crippen molar-refractivity contribution in [3.05, 3.63) is 89.7 Å². The average Bonchev–Trinajstić information content (AvgIpc) is 3.20. The average molecular weight is 431 g/mol. The molecule has 0 spiro atoms. The van der Waals surface area contributed by atoms with Crippen molar-refractivity contribution in [1.29, 1.82) is 0 Å². The molecule has 2 aromatic carbocycles. The minimum Gasteiger partial charge on any atom is -0.348 e. The summed E-state index contributed by atoms with van der Waals surface area (Å²) in [5.41, 5.74) is 2.03. The highest BCUT2D eigenvalue weighted by molar-refractivity contribution is 7.89. The van der Waals surface area contributed by atoms with Crippen molar-refractivity contribution < 1.29 is 13.2 Å². The number of hydrogen-bond donors (Lipinski definition) is 2. The summed E-state index contributed by atoms with van der Waals surface area (Å²) in [6.07, 6.45) is 4.93. The van der Waals surface area contributed by atoms with E-state index >= 15 is 0 Å². The molecule has 0 aliphatic rings. The SMILES string of the molecule is C=CCNS(=O)(=O)c1ccc(C(=O)NCc2cnn(-c3ccc(Cl)cc3)c2)cc1. The molecule has 0 fully saturated rings. The molecule has 1 heterocycles. The van der Waals surface area contributed by atoms with Crippen molar-refractivity contribution in [1.82, 2.24) is 19.8 Å². The molecule has 1 amide bonds. The second-order valence-corrected chi connectivity index (χ2v) is 8.32. The largest absolute Gasteiger partial charge is 0.348 e. The molecular formula is C20H19ClN4O3S. The van der Waals surface area contributed by atoms with Crippen LogP contribution in [-0.2, 0) is 16.6 Å². The van der Waals surface area contributed by atoms with Gasteiger partial charge in [-0.15, -0.1) is 6.58 Å². The zero-order valence-electron chi connectivity index (χ0n) is 15.4. The van der Waals surface area contributed by atoms with Crippen LogP contribution in [0.15, 0.2) is 78.5 Å². The topological polar surface area (TPSA) is 93.1 Å². The van der Waals surface area contributed by atoms with Crippen molar-refractivity contribution in [3.63, 3.8) is 0 Å². The van der Waals surface area contributed by atoms with Gasteiger partial charge in [-0.2, -0.15) is 5.10 Å². The first-order chi connectivity index (χ1) is 13.9. The zero-order valence-corrected chi connectivity index (χ0v) is 16.9. The smallest absolute Gasteiger partial charge is 0.251 e. The Morgan fingerprint density at radius 3 is 2.48 bits per heavy atom. The minimum absolute atomic E-state index is 0.0835. The lowest BCUT2D eigenvalue weighted by atomic mass is 10.2. The van der Waals surface area contributed by atoms with Crippen LogP contribution in [0.25, 0.3) is 5.69 Å². The Morgan fingerprint density at radius 2 is 1.83 bits per heavy atom. The van der Waals surface area contributed by atoms with Gasteiger partial charge in [-0.1, -0.05) is 17.7 Å². The van der Waals surface area contributed by atoms with E-state index in [0.717, 1.165) is 11.3 Å². The van der Waals surface area contributed by atoms with E-state index in [1.807, 2.05) is 18.3 Å². The molecule has 3 rings (SSSR count). The molecule has 7 nitrogen and oxygen atoms in total. The summed E-state index contributed by atoms with van der Waals surface area (Å²) in [5, 5.41) is 7.70. The van der Waals surface area contributed by atoms with E-state index in [9.17, 15) is 13.2 Å². The Balaban J connectivity index is 1.61. The van der Waals surface area contributed by atoms with Gasteiger partial charge in [-0.3, -0.25) is 4.79 Å². The highest BCUT2D eigenvalue weighted by Gasteiger charge is 2.14. The van der Waals surface area contributed by atoms with E-state index in [1.165, 1.54) is 30.3 Å². The number of carbonyl (C=O) groups excluding carboxylic acids is 1. The van der Waals surface area contributed by atoms with Crippen LogP contribution < -0.4 is 10.0 Å². The van der Waals surface area contributed by atoms with E-state index in [2.05, 4.69) is 21.7 Å². The molecule has 2 N–H and O–H groups in total. The Bertz CT molecular complexity index is 1110. The number of halogens is 1. The van der Waals surface area contributed by atoms with E-state index in [0.29, 0.717) is 10.6 Å². The molecule has 0 saturated carbocycles. The van der Waals surface area contributed by atoms with Gasteiger partial charge < -0.3 is 5.32 Å². The van der Waals surface area contributed by atoms with Gasteiger partial charge in [-0.25, -0.2) is 17.8 Å². The lowest BCUT2D eigenvalue weighted by Crippen LogP contribution is -2.24. The normalized spacial score (nSPS) is 11.2. The molecule has 0 radical (unpaired) electrons. The lowest BCUT2D eigenvalue weighted by molar-refractivity contribution is 0.0951. The van der Waals surface area contributed by atoms with Crippen LogP contribution in [0.5, 0.6) is 0 Å². The summed E-state index contributed by atoms with van der Waals surface area (Å²) in [6.45, 7) is 3.89. The number of aromatic nitrogens is 2. The van der Waals surface area contributed by atoms with Crippen molar-refractivity contribution >= 4 is 27.5 Å². The van der Waals surface area contributed by atoms with Crippen LogP contribution in [-0.4, -0.2) is 30.7 Å². The quantitative estimate of drug-likeness (QED) is 0.537. The fourth-order valence-corrected chi connectivity index (χ4v) is 3.63. The predicted octanol–water partition coefficient (Wildman–Crippen LogP) is 2.92. The zero-order chi connectivity index (χ0) is 20.9. The van der Waals surface area contributed by atoms with Crippen molar-refractivity contribution in [2.24, 2.45) is 0 Å². The molecule has 0 atom stereocenters. The Kier molecular flexibility index (Phi) is 6.48. The molecule has 1 aromatic heterocycles. The number of nitrogens with one attached hydrogen (secondary N) is 2. The van der Waals surface area contributed by atoms with Gasteiger partial charge in [0.2, 0.25) is 10.0 Å². The van der Waals surface area contributed by atoms with Crippen molar-refractivity contribution in [3.8, 4) is 5.69 Å². The number of hydrogen-bond acceptors (Lipinski definition) is 4. The summed E-state index contributed by atoms with van der Waals surface area (Å²) in [7, 11) is -3.62. The van der Waals surface area contributed by atoms with Crippen LogP contribution >= 0.6 is 11.6 Å². The molecule has 0 bridgehead atoms. The molecule has 9 heteroatoms. The molecule has 0 unspecified atom stereocenters. The Labute approximate surface area is 174 Å². The third-order valence-electron chi connectivity index (χ3n) is 4.02. The number of sulfonamides is 1. The van der Waals surface area contributed by atoms with E-state index in [4.69, 9.17) is 11.6 Å². The van der Waals surface area contributed by atoms with Gasteiger partial charge in [-0.05, 0) is 48.5 Å². The molecule has 0 saturated heterocycles. The Hall–Kier alpha value is -2.94. The van der Waals surface area contributed by atoms with Crippen molar-refractivity contribution in [2.75, 3.05) is 6.54 Å². The summed E-state index contributed by atoms with van der Waals surface area (Å²) in [6, 6.07) is 12.9. The summed E-state index contributed by atoms with van der Waals surface area (Å²) >= 11 is 5.89. The van der Waals surface area contributed by atoms with Gasteiger partial charge in [0, 0.05) is 35.4 Å². The monoisotopic (exact) mass is 430 g/mol. The van der Waals surface area contributed by atoms with E-state index < -0.39 is 10.0 Å². The van der Waals surface area contributed by atoms with Gasteiger partial charge in [0.05, 0.1) is 16.8 Å². The van der Waals surface area contributed by atoms with E-state index in [-0.39, 0.29) is 23.9 Å². The van der Waals surface area contributed by atoms with Gasteiger partial charge >= 0.3 is 0 Å². The molecule has 0 aliphatic heterocycles. The molecule has 150 valence electrons. The van der Waals surface area contributed by atoms with Crippen LogP contribution in [0.4, 0.5) is 0 Å². The highest BCUT2D eigenvalue weighted by Crippen LogP contribution is 2.14. The fraction of sp³-hybridized carbons (Fsp3) is 0.100. The number of nitrogens with zero attached hydrogens (tertiary/aromatic N) is 2. The molecule has 3 aromatic rings. The van der Waals surface area contributed by atoms with E-state index in [1.54, 1.807) is 23.0 Å². The van der Waals surface area contributed by atoms with Crippen LogP contribution in [0.3, 0.4) is 0 Å².